The summed E-state index contributed by atoms with van der Waals surface area (Å²) in [6, 6.07) is 22.5. The summed E-state index contributed by atoms with van der Waals surface area (Å²) in [5.74, 6) is 0.321. The molecule has 1 amide bonds. The molecule has 10 heteroatoms. The van der Waals surface area contributed by atoms with Crippen LogP contribution in [0, 0.1) is 0 Å². The van der Waals surface area contributed by atoms with Crippen LogP contribution >= 0.6 is 0 Å². The monoisotopic (exact) mass is 531 g/mol. The number of carbonyl (C=O) groups excluding carboxylic acids is 1. The molecule has 1 aromatic heterocycles. The molecule has 9 nitrogen and oxygen atoms in total. The first-order valence-electron chi connectivity index (χ1n) is 12.0. The fraction of sp³-hybridized carbons (Fsp3) is 0.179. The Morgan fingerprint density at radius 1 is 0.895 bits per heavy atom. The average molecular weight is 532 g/mol. The Morgan fingerprint density at radius 2 is 1.55 bits per heavy atom. The van der Waals surface area contributed by atoms with Gasteiger partial charge in [0.1, 0.15) is 16.5 Å². The van der Waals surface area contributed by atoms with E-state index < -0.39 is 16.0 Å². The molecular weight excluding hydrogens is 502 g/mol. The second kappa shape index (κ2) is 11.3. The van der Waals surface area contributed by atoms with Crippen molar-refractivity contribution in [3.63, 3.8) is 0 Å². The molecule has 0 aliphatic rings. The summed E-state index contributed by atoms with van der Waals surface area (Å²) in [5, 5.41) is 6.26. The minimum Gasteiger partial charge on any atom is -0.379 e. The summed E-state index contributed by atoms with van der Waals surface area (Å²) in [5.41, 5.74) is 8.32. The highest BCUT2D eigenvalue weighted by atomic mass is 32.2. The lowest BCUT2D eigenvalue weighted by Crippen LogP contribution is -2.18. The van der Waals surface area contributed by atoms with E-state index >= 15 is 0 Å². The van der Waals surface area contributed by atoms with Crippen LogP contribution in [-0.2, 0) is 10.1 Å². The number of carbonyl (C=O) groups is 1. The van der Waals surface area contributed by atoms with Crippen LogP contribution in [0.4, 0.5) is 17.5 Å². The van der Waals surface area contributed by atoms with Crippen molar-refractivity contribution in [3.05, 3.63) is 102 Å². The molecule has 1 unspecified atom stereocenters. The predicted octanol–water partition coefficient (Wildman–Crippen LogP) is 5.38. The van der Waals surface area contributed by atoms with Gasteiger partial charge in [-0.25, -0.2) is 4.98 Å². The SMILES string of the molecule is CC(C)c1ccc(S(=O)(=O)Oc2ccc(Nc3ncc(C(N)=O)c(NC(C)c4ccccc4)n3)cc2)cc1. The molecule has 0 saturated carbocycles. The van der Waals surface area contributed by atoms with E-state index in [0.717, 1.165) is 11.1 Å². The van der Waals surface area contributed by atoms with Crippen molar-refractivity contribution >= 4 is 33.5 Å². The van der Waals surface area contributed by atoms with Gasteiger partial charge in [0.25, 0.3) is 5.91 Å². The third kappa shape index (κ3) is 6.46. The third-order valence-electron chi connectivity index (χ3n) is 5.86. The Balaban J connectivity index is 1.47. The quantitative estimate of drug-likeness (QED) is 0.232. The summed E-state index contributed by atoms with van der Waals surface area (Å²) in [4.78, 5) is 20.6. The minimum absolute atomic E-state index is 0.0804. The van der Waals surface area contributed by atoms with Crippen molar-refractivity contribution in [2.75, 3.05) is 10.6 Å². The van der Waals surface area contributed by atoms with Crippen LogP contribution in [0.25, 0.3) is 0 Å². The maximum absolute atomic E-state index is 12.7. The number of hydrogen-bond acceptors (Lipinski definition) is 8. The molecule has 4 aromatic rings. The molecule has 0 fully saturated rings. The fourth-order valence-corrected chi connectivity index (χ4v) is 4.61. The van der Waals surface area contributed by atoms with Crippen LogP contribution in [0.3, 0.4) is 0 Å². The second-order valence-electron chi connectivity index (χ2n) is 9.01. The molecule has 0 aliphatic carbocycles. The van der Waals surface area contributed by atoms with Crippen LogP contribution in [0.2, 0.25) is 0 Å². The number of rotatable bonds is 10. The number of hydrogen-bond donors (Lipinski definition) is 3. The topological polar surface area (TPSA) is 136 Å². The van der Waals surface area contributed by atoms with E-state index in [4.69, 9.17) is 9.92 Å². The normalized spacial score (nSPS) is 12.1. The van der Waals surface area contributed by atoms with E-state index in [2.05, 4.69) is 20.6 Å². The number of primary amides is 1. The summed E-state index contributed by atoms with van der Waals surface area (Å²) in [6.45, 7) is 6.02. The van der Waals surface area contributed by atoms with Crippen molar-refractivity contribution in [1.29, 1.82) is 0 Å². The van der Waals surface area contributed by atoms with Gasteiger partial charge >= 0.3 is 10.1 Å². The Kier molecular flexibility index (Phi) is 7.92. The van der Waals surface area contributed by atoms with Gasteiger partial charge in [0.15, 0.2) is 0 Å². The summed E-state index contributed by atoms with van der Waals surface area (Å²) in [7, 11) is -3.98. The van der Waals surface area contributed by atoms with Gasteiger partial charge in [-0.3, -0.25) is 4.79 Å². The van der Waals surface area contributed by atoms with Crippen molar-refractivity contribution < 1.29 is 17.4 Å². The van der Waals surface area contributed by atoms with E-state index in [-0.39, 0.29) is 28.2 Å². The zero-order valence-corrected chi connectivity index (χ0v) is 22.1. The maximum Gasteiger partial charge on any atom is 0.339 e. The van der Waals surface area contributed by atoms with Crippen molar-refractivity contribution in [1.82, 2.24) is 9.97 Å². The van der Waals surface area contributed by atoms with Gasteiger partial charge in [0.05, 0.1) is 5.56 Å². The lowest BCUT2D eigenvalue weighted by Gasteiger charge is -2.17. The highest BCUT2D eigenvalue weighted by Gasteiger charge is 2.18. The minimum atomic E-state index is -3.98. The highest BCUT2D eigenvalue weighted by Crippen LogP contribution is 2.25. The lowest BCUT2D eigenvalue weighted by atomic mass is 10.0. The Morgan fingerprint density at radius 3 is 2.16 bits per heavy atom. The molecule has 0 aliphatic heterocycles. The van der Waals surface area contributed by atoms with E-state index in [1.54, 1.807) is 24.3 Å². The van der Waals surface area contributed by atoms with Crippen LogP contribution in [-0.4, -0.2) is 24.3 Å². The summed E-state index contributed by atoms with van der Waals surface area (Å²) >= 11 is 0. The van der Waals surface area contributed by atoms with Gasteiger partial charge in [-0.15, -0.1) is 0 Å². The molecule has 0 spiro atoms. The first kappa shape index (κ1) is 26.6. The van der Waals surface area contributed by atoms with E-state index in [1.165, 1.54) is 30.5 Å². The van der Waals surface area contributed by atoms with Crippen molar-refractivity contribution in [3.8, 4) is 5.75 Å². The summed E-state index contributed by atoms with van der Waals surface area (Å²) in [6.07, 6.45) is 1.35. The Bertz CT molecular complexity index is 1510. The highest BCUT2D eigenvalue weighted by molar-refractivity contribution is 7.87. The van der Waals surface area contributed by atoms with Crippen LogP contribution in [0.5, 0.6) is 5.75 Å². The molecule has 4 N–H and O–H groups in total. The van der Waals surface area contributed by atoms with Gasteiger partial charge in [0, 0.05) is 17.9 Å². The molecule has 1 atom stereocenters. The number of nitrogens with zero attached hydrogens (tertiary/aromatic N) is 2. The Labute approximate surface area is 222 Å². The first-order chi connectivity index (χ1) is 18.1. The average Bonchev–Trinajstić information content (AvgIpc) is 2.90. The number of benzene rings is 3. The number of nitrogens with one attached hydrogen (secondary N) is 2. The lowest BCUT2D eigenvalue weighted by molar-refractivity contribution is 0.100. The molecule has 3 aromatic carbocycles. The number of nitrogens with two attached hydrogens (primary N) is 1. The molecule has 4 rings (SSSR count). The van der Waals surface area contributed by atoms with Crippen LogP contribution in [0.15, 0.2) is 90.0 Å². The van der Waals surface area contributed by atoms with Crippen molar-refractivity contribution in [2.24, 2.45) is 5.73 Å². The smallest absolute Gasteiger partial charge is 0.339 e. The van der Waals surface area contributed by atoms with E-state index in [0.29, 0.717) is 17.4 Å². The van der Waals surface area contributed by atoms with Crippen molar-refractivity contribution in [2.45, 2.75) is 37.6 Å². The van der Waals surface area contributed by atoms with E-state index in [9.17, 15) is 13.2 Å². The van der Waals surface area contributed by atoms with Gasteiger partial charge < -0.3 is 20.6 Å². The van der Waals surface area contributed by atoms with E-state index in [1.807, 2.05) is 51.1 Å². The predicted molar refractivity (Wildman–Crippen MR) is 147 cm³/mol. The maximum atomic E-state index is 12.7. The largest absolute Gasteiger partial charge is 0.379 e. The Hall–Kier alpha value is -4.44. The number of amides is 1. The molecule has 38 heavy (non-hydrogen) atoms. The molecule has 196 valence electrons. The van der Waals surface area contributed by atoms with Gasteiger partial charge in [0.2, 0.25) is 5.95 Å². The van der Waals surface area contributed by atoms with Gasteiger partial charge in [-0.05, 0) is 60.4 Å². The van der Waals surface area contributed by atoms with Crippen LogP contribution < -0.4 is 20.6 Å². The number of anilines is 3. The molecule has 0 radical (unpaired) electrons. The number of aromatic nitrogens is 2. The van der Waals surface area contributed by atoms with Gasteiger partial charge in [-0.2, -0.15) is 13.4 Å². The first-order valence-corrected chi connectivity index (χ1v) is 13.4. The van der Waals surface area contributed by atoms with Gasteiger partial charge in [-0.1, -0.05) is 56.3 Å². The molecule has 0 bridgehead atoms. The summed E-state index contributed by atoms with van der Waals surface area (Å²) < 4.78 is 30.6. The molecule has 0 saturated heterocycles. The fourth-order valence-electron chi connectivity index (χ4n) is 3.68. The zero-order chi connectivity index (χ0) is 27.3. The standard InChI is InChI=1S/C28H29N5O4S/c1-18(2)20-9-15-24(16-10-20)38(35,36)37-23-13-11-22(12-14-23)32-28-30-17-25(26(29)34)27(33-28)31-19(3)21-7-5-4-6-8-21/h4-19H,1-3H3,(H2,29,34)(H2,30,31,32,33). The molecular formula is C28H29N5O4S. The zero-order valence-electron chi connectivity index (χ0n) is 21.3. The van der Waals surface area contributed by atoms with Crippen LogP contribution in [0.1, 0.15) is 54.2 Å². The second-order valence-corrected chi connectivity index (χ2v) is 10.6. The third-order valence-corrected chi connectivity index (χ3v) is 7.12. The molecule has 1 heterocycles.